The summed E-state index contributed by atoms with van der Waals surface area (Å²) in [4.78, 5) is 0.315. The summed E-state index contributed by atoms with van der Waals surface area (Å²) in [7, 11) is -3.47. The molecule has 0 atom stereocenters. The second-order valence-corrected chi connectivity index (χ2v) is 9.03. The normalized spacial score (nSPS) is 17.2. The zero-order valence-corrected chi connectivity index (χ0v) is 15.1. The minimum Gasteiger partial charge on any atom is -0.310 e. The molecule has 0 aromatic heterocycles. The van der Waals surface area contributed by atoms with Crippen molar-refractivity contribution in [2.24, 2.45) is 5.41 Å². The maximum atomic E-state index is 12.5. The third-order valence-electron chi connectivity index (χ3n) is 3.79. The van der Waals surface area contributed by atoms with Crippen molar-refractivity contribution in [1.29, 1.82) is 0 Å². The molecule has 2 rings (SSSR count). The number of nitrogens with one attached hydrogen (secondary N) is 2. The lowest BCUT2D eigenvalue weighted by Gasteiger charge is -2.14. The molecule has 0 heterocycles. The molecular formula is C15H23BrN2O2S. The minimum absolute atomic E-state index is 0.149. The van der Waals surface area contributed by atoms with Crippen molar-refractivity contribution in [1.82, 2.24) is 10.0 Å². The highest BCUT2D eigenvalue weighted by molar-refractivity contribution is 9.10. The number of benzene rings is 1. The van der Waals surface area contributed by atoms with Crippen LogP contribution in [-0.4, -0.2) is 21.0 Å². The summed E-state index contributed by atoms with van der Waals surface area (Å²) in [6.45, 7) is 7.40. The van der Waals surface area contributed by atoms with Crippen LogP contribution in [0, 0.1) is 5.41 Å². The van der Waals surface area contributed by atoms with Crippen molar-refractivity contribution in [2.45, 2.75) is 51.1 Å². The minimum atomic E-state index is -3.47. The van der Waals surface area contributed by atoms with E-state index in [1.54, 1.807) is 12.1 Å². The first kappa shape index (κ1) is 16.9. The van der Waals surface area contributed by atoms with E-state index in [0.29, 0.717) is 28.5 Å². The molecule has 118 valence electrons. The molecule has 0 radical (unpaired) electrons. The second kappa shape index (κ2) is 6.36. The molecule has 0 saturated heterocycles. The van der Waals surface area contributed by atoms with Crippen molar-refractivity contribution in [2.75, 3.05) is 6.54 Å². The Bertz CT molecular complexity index is 610. The number of sulfonamides is 1. The molecule has 1 fully saturated rings. The second-order valence-electron chi connectivity index (χ2n) is 6.44. The molecule has 6 heteroatoms. The van der Waals surface area contributed by atoms with Crippen LogP contribution in [-0.2, 0) is 16.6 Å². The van der Waals surface area contributed by atoms with Gasteiger partial charge in [0, 0.05) is 23.6 Å². The van der Waals surface area contributed by atoms with Gasteiger partial charge in [0.2, 0.25) is 10.0 Å². The Morgan fingerprint density at radius 1 is 1.33 bits per heavy atom. The van der Waals surface area contributed by atoms with Crippen LogP contribution in [0.25, 0.3) is 0 Å². The predicted octanol–water partition coefficient (Wildman–Crippen LogP) is 3.03. The van der Waals surface area contributed by atoms with Crippen LogP contribution >= 0.6 is 15.9 Å². The van der Waals surface area contributed by atoms with Crippen molar-refractivity contribution >= 4 is 26.0 Å². The SMILES string of the molecule is CC(C)NCc1ccc(Br)c(S(=O)(=O)NCC2(C)CC2)c1. The number of hydrogen-bond donors (Lipinski definition) is 2. The van der Waals surface area contributed by atoms with Crippen molar-refractivity contribution in [3.63, 3.8) is 0 Å². The van der Waals surface area contributed by atoms with Gasteiger partial charge in [0.25, 0.3) is 0 Å². The molecule has 4 nitrogen and oxygen atoms in total. The van der Waals surface area contributed by atoms with E-state index >= 15 is 0 Å². The fourth-order valence-electron chi connectivity index (χ4n) is 1.92. The quantitative estimate of drug-likeness (QED) is 0.770. The summed E-state index contributed by atoms with van der Waals surface area (Å²) in [5, 5.41) is 3.30. The third kappa shape index (κ3) is 4.77. The van der Waals surface area contributed by atoms with E-state index in [1.165, 1.54) is 0 Å². The van der Waals surface area contributed by atoms with Gasteiger partial charge in [-0.05, 0) is 51.9 Å². The van der Waals surface area contributed by atoms with Crippen LogP contribution < -0.4 is 10.0 Å². The molecule has 0 amide bonds. The Morgan fingerprint density at radius 3 is 2.57 bits per heavy atom. The summed E-state index contributed by atoms with van der Waals surface area (Å²) in [5.41, 5.74) is 1.11. The van der Waals surface area contributed by atoms with Gasteiger partial charge in [0.1, 0.15) is 0 Å². The molecule has 1 aliphatic rings. The van der Waals surface area contributed by atoms with E-state index in [1.807, 2.05) is 6.07 Å². The highest BCUT2D eigenvalue weighted by Crippen LogP contribution is 2.44. The van der Waals surface area contributed by atoms with Gasteiger partial charge >= 0.3 is 0 Å². The van der Waals surface area contributed by atoms with E-state index in [-0.39, 0.29) is 5.41 Å². The molecule has 2 N–H and O–H groups in total. The van der Waals surface area contributed by atoms with Gasteiger partial charge in [-0.1, -0.05) is 26.8 Å². The first-order chi connectivity index (χ1) is 9.72. The smallest absolute Gasteiger partial charge is 0.241 e. The van der Waals surface area contributed by atoms with Gasteiger partial charge in [0.15, 0.2) is 0 Å². The monoisotopic (exact) mass is 374 g/mol. The zero-order chi connectivity index (χ0) is 15.7. The third-order valence-corrected chi connectivity index (χ3v) is 6.19. The molecule has 0 unspecified atom stereocenters. The van der Waals surface area contributed by atoms with E-state index in [2.05, 4.69) is 46.7 Å². The lowest BCUT2D eigenvalue weighted by Crippen LogP contribution is -2.29. The lowest BCUT2D eigenvalue weighted by atomic mass is 10.2. The van der Waals surface area contributed by atoms with Crippen molar-refractivity contribution in [3.8, 4) is 0 Å². The predicted molar refractivity (Wildman–Crippen MR) is 88.6 cm³/mol. The number of halogens is 1. The lowest BCUT2D eigenvalue weighted by molar-refractivity contribution is 0.530. The Kier molecular flexibility index (Phi) is 5.13. The number of hydrogen-bond acceptors (Lipinski definition) is 3. The fraction of sp³-hybridized carbons (Fsp3) is 0.600. The first-order valence-electron chi connectivity index (χ1n) is 7.23. The first-order valence-corrected chi connectivity index (χ1v) is 9.51. The molecule has 21 heavy (non-hydrogen) atoms. The van der Waals surface area contributed by atoms with Crippen molar-refractivity contribution < 1.29 is 8.42 Å². The Morgan fingerprint density at radius 2 is 2.00 bits per heavy atom. The summed E-state index contributed by atoms with van der Waals surface area (Å²) in [6, 6.07) is 5.82. The van der Waals surface area contributed by atoms with Crippen LogP contribution in [0.15, 0.2) is 27.6 Å². The Labute approximate surface area is 135 Å². The van der Waals surface area contributed by atoms with Crippen LogP contribution in [0.3, 0.4) is 0 Å². The molecule has 1 aliphatic carbocycles. The Balaban J connectivity index is 2.14. The van der Waals surface area contributed by atoms with Gasteiger partial charge < -0.3 is 5.32 Å². The van der Waals surface area contributed by atoms with Crippen LogP contribution in [0.4, 0.5) is 0 Å². The highest BCUT2D eigenvalue weighted by atomic mass is 79.9. The van der Waals surface area contributed by atoms with Gasteiger partial charge in [-0.15, -0.1) is 0 Å². The fourth-order valence-corrected chi connectivity index (χ4v) is 4.13. The standard InChI is InChI=1S/C15H23BrN2O2S/c1-11(2)17-9-12-4-5-13(16)14(8-12)21(19,20)18-10-15(3)6-7-15/h4-5,8,11,17-18H,6-7,9-10H2,1-3H3. The summed E-state index contributed by atoms with van der Waals surface area (Å²) < 4.78 is 28.2. The largest absolute Gasteiger partial charge is 0.310 e. The van der Waals surface area contributed by atoms with Gasteiger partial charge in [-0.3, -0.25) is 0 Å². The van der Waals surface area contributed by atoms with Crippen LogP contribution in [0.2, 0.25) is 0 Å². The maximum Gasteiger partial charge on any atom is 0.241 e. The maximum absolute atomic E-state index is 12.5. The topological polar surface area (TPSA) is 58.2 Å². The zero-order valence-electron chi connectivity index (χ0n) is 12.7. The molecule has 0 bridgehead atoms. The average molecular weight is 375 g/mol. The highest BCUT2D eigenvalue weighted by Gasteiger charge is 2.38. The molecule has 1 aromatic carbocycles. The summed E-state index contributed by atoms with van der Waals surface area (Å²) in [6.07, 6.45) is 2.18. The van der Waals surface area contributed by atoms with Crippen LogP contribution in [0.1, 0.15) is 39.2 Å². The molecule has 1 aromatic rings. The van der Waals surface area contributed by atoms with Gasteiger partial charge in [0.05, 0.1) is 4.90 Å². The van der Waals surface area contributed by atoms with Crippen molar-refractivity contribution in [3.05, 3.63) is 28.2 Å². The van der Waals surface area contributed by atoms with E-state index in [0.717, 1.165) is 18.4 Å². The molecule has 0 spiro atoms. The molecule has 0 aliphatic heterocycles. The van der Waals surface area contributed by atoms with E-state index in [4.69, 9.17) is 0 Å². The molecule has 1 saturated carbocycles. The van der Waals surface area contributed by atoms with E-state index < -0.39 is 10.0 Å². The van der Waals surface area contributed by atoms with E-state index in [9.17, 15) is 8.42 Å². The summed E-state index contributed by atoms with van der Waals surface area (Å²) in [5.74, 6) is 0. The van der Waals surface area contributed by atoms with Gasteiger partial charge in [-0.2, -0.15) is 0 Å². The molecular weight excluding hydrogens is 352 g/mol. The van der Waals surface area contributed by atoms with Gasteiger partial charge in [-0.25, -0.2) is 13.1 Å². The number of rotatable bonds is 7. The van der Waals surface area contributed by atoms with Crippen LogP contribution in [0.5, 0.6) is 0 Å². The summed E-state index contributed by atoms with van der Waals surface area (Å²) >= 11 is 3.34. The Hall–Kier alpha value is -0.430. The average Bonchev–Trinajstić information content (AvgIpc) is 3.14.